The topological polar surface area (TPSA) is 33.5 Å². The Bertz CT molecular complexity index is 627. The van der Waals surface area contributed by atoms with Gasteiger partial charge in [0.25, 0.3) is 5.91 Å². The number of para-hydroxylation sites is 1. The Morgan fingerprint density at radius 1 is 1.21 bits per heavy atom. The van der Waals surface area contributed by atoms with E-state index in [1.807, 2.05) is 17.9 Å². The fourth-order valence-corrected chi connectivity index (χ4v) is 2.76. The van der Waals surface area contributed by atoms with Gasteiger partial charge in [-0.15, -0.1) is 0 Å². The van der Waals surface area contributed by atoms with E-state index in [2.05, 4.69) is 25.1 Å². The van der Waals surface area contributed by atoms with Crippen LogP contribution < -0.4 is 4.90 Å². The molecule has 0 saturated heterocycles. The number of benzene rings is 1. The molecule has 0 radical (unpaired) electrons. The predicted octanol–water partition coefficient (Wildman–Crippen LogP) is 3.49. The second-order valence-electron chi connectivity index (χ2n) is 5.08. The Kier molecular flexibility index (Phi) is 2.90. The Morgan fingerprint density at radius 2 is 2.05 bits per heavy atom. The summed E-state index contributed by atoms with van der Waals surface area (Å²) in [6.07, 6.45) is 3.62. The van der Waals surface area contributed by atoms with Crippen LogP contribution in [0.25, 0.3) is 0 Å². The maximum atomic E-state index is 12.6. The number of carbonyl (C=O) groups is 1. The molecule has 2 heterocycles. The van der Waals surface area contributed by atoms with Crippen molar-refractivity contribution in [1.29, 1.82) is 0 Å². The van der Waals surface area contributed by atoms with Gasteiger partial charge in [-0.25, -0.2) is 0 Å². The van der Waals surface area contributed by atoms with Crippen LogP contribution in [0.4, 0.5) is 5.69 Å². The van der Waals surface area contributed by atoms with Gasteiger partial charge in [-0.05, 0) is 43.9 Å². The molecule has 1 aliphatic heterocycles. The average molecular weight is 255 g/mol. The zero-order chi connectivity index (χ0) is 13.4. The second-order valence-corrected chi connectivity index (χ2v) is 5.08. The molecule has 1 aromatic carbocycles. The summed E-state index contributed by atoms with van der Waals surface area (Å²) in [6, 6.07) is 8.05. The minimum Gasteiger partial charge on any atom is -0.459 e. The lowest BCUT2D eigenvalue weighted by Gasteiger charge is -2.30. The number of rotatable bonds is 1. The maximum Gasteiger partial charge on any atom is 0.294 e. The minimum absolute atomic E-state index is 0.0299. The number of aryl methyl sites for hydroxylation is 3. The third-order valence-electron chi connectivity index (χ3n) is 3.72. The van der Waals surface area contributed by atoms with Gasteiger partial charge in [-0.2, -0.15) is 0 Å². The van der Waals surface area contributed by atoms with Crippen molar-refractivity contribution < 1.29 is 9.21 Å². The van der Waals surface area contributed by atoms with E-state index in [1.165, 1.54) is 5.56 Å². The summed E-state index contributed by atoms with van der Waals surface area (Å²) < 4.78 is 5.34. The van der Waals surface area contributed by atoms with Crippen molar-refractivity contribution in [2.75, 3.05) is 11.4 Å². The van der Waals surface area contributed by atoms with Gasteiger partial charge in [0.2, 0.25) is 0 Å². The van der Waals surface area contributed by atoms with E-state index in [0.29, 0.717) is 5.76 Å². The first-order valence-electron chi connectivity index (χ1n) is 6.63. The first kappa shape index (κ1) is 12.0. The van der Waals surface area contributed by atoms with Crippen molar-refractivity contribution in [3.63, 3.8) is 0 Å². The summed E-state index contributed by atoms with van der Waals surface area (Å²) in [5, 5.41) is 0. The first-order valence-corrected chi connectivity index (χ1v) is 6.63. The van der Waals surface area contributed by atoms with Crippen LogP contribution in [0.1, 0.15) is 33.7 Å². The Labute approximate surface area is 112 Å². The molecule has 0 spiro atoms. The highest BCUT2D eigenvalue weighted by Crippen LogP contribution is 2.32. The van der Waals surface area contributed by atoms with Gasteiger partial charge in [0.15, 0.2) is 5.76 Å². The van der Waals surface area contributed by atoms with Gasteiger partial charge in [-0.1, -0.05) is 18.2 Å². The lowest BCUT2D eigenvalue weighted by molar-refractivity contribution is 0.0957. The number of hydrogen-bond acceptors (Lipinski definition) is 2. The van der Waals surface area contributed by atoms with Crippen LogP contribution in [0, 0.1) is 13.8 Å². The Morgan fingerprint density at radius 3 is 2.79 bits per heavy atom. The molecule has 0 unspecified atom stereocenters. The SMILES string of the molecule is Cc1ccoc1C(=O)N1CCCc2cccc(C)c21. The van der Waals surface area contributed by atoms with Gasteiger partial charge in [0.1, 0.15) is 0 Å². The number of carbonyl (C=O) groups excluding carboxylic acids is 1. The van der Waals surface area contributed by atoms with Crippen LogP contribution in [-0.2, 0) is 6.42 Å². The second kappa shape index (κ2) is 4.57. The van der Waals surface area contributed by atoms with Crippen molar-refractivity contribution in [2.24, 2.45) is 0 Å². The molecule has 1 aromatic heterocycles. The molecule has 0 N–H and O–H groups in total. The number of anilines is 1. The summed E-state index contributed by atoms with van der Waals surface area (Å²) in [4.78, 5) is 14.5. The molecule has 3 rings (SSSR count). The highest BCUT2D eigenvalue weighted by atomic mass is 16.3. The molecule has 1 amide bonds. The highest BCUT2D eigenvalue weighted by Gasteiger charge is 2.27. The Hall–Kier alpha value is -2.03. The van der Waals surface area contributed by atoms with Gasteiger partial charge < -0.3 is 9.32 Å². The minimum atomic E-state index is -0.0299. The summed E-state index contributed by atoms with van der Waals surface area (Å²) in [7, 11) is 0. The number of hydrogen-bond donors (Lipinski definition) is 0. The molecule has 0 fully saturated rings. The first-order chi connectivity index (χ1) is 9.18. The molecule has 2 aromatic rings. The Balaban J connectivity index is 2.05. The van der Waals surface area contributed by atoms with Gasteiger partial charge >= 0.3 is 0 Å². The van der Waals surface area contributed by atoms with E-state index in [1.54, 1.807) is 6.26 Å². The van der Waals surface area contributed by atoms with Gasteiger partial charge in [0, 0.05) is 12.1 Å². The summed E-state index contributed by atoms with van der Waals surface area (Å²) in [5.74, 6) is 0.425. The van der Waals surface area contributed by atoms with Crippen molar-refractivity contribution >= 4 is 11.6 Å². The number of furan rings is 1. The summed E-state index contributed by atoms with van der Waals surface area (Å²) in [6.45, 7) is 4.72. The van der Waals surface area contributed by atoms with Crippen LogP contribution in [0.3, 0.4) is 0 Å². The molecule has 0 aliphatic carbocycles. The molecule has 1 aliphatic rings. The van der Waals surface area contributed by atoms with Gasteiger partial charge in [0.05, 0.1) is 12.0 Å². The zero-order valence-electron chi connectivity index (χ0n) is 11.3. The van der Waals surface area contributed by atoms with Crippen LogP contribution in [0.5, 0.6) is 0 Å². The molecule has 3 nitrogen and oxygen atoms in total. The standard InChI is InChI=1S/C16H17NO2/c1-11-5-3-6-13-7-4-9-17(14(11)13)16(18)15-12(2)8-10-19-15/h3,5-6,8,10H,4,7,9H2,1-2H3. The van der Waals surface area contributed by atoms with Crippen LogP contribution in [-0.4, -0.2) is 12.5 Å². The van der Waals surface area contributed by atoms with Crippen molar-refractivity contribution in [3.05, 3.63) is 53.0 Å². The normalized spacial score (nSPS) is 14.3. The van der Waals surface area contributed by atoms with Crippen molar-refractivity contribution in [2.45, 2.75) is 26.7 Å². The fourth-order valence-electron chi connectivity index (χ4n) is 2.76. The lowest BCUT2D eigenvalue weighted by atomic mass is 9.98. The van der Waals surface area contributed by atoms with Gasteiger partial charge in [-0.3, -0.25) is 4.79 Å². The van der Waals surface area contributed by atoms with Crippen molar-refractivity contribution in [1.82, 2.24) is 0 Å². The highest BCUT2D eigenvalue weighted by molar-refractivity contribution is 6.06. The van der Waals surface area contributed by atoms with E-state index in [0.717, 1.165) is 36.2 Å². The quantitative estimate of drug-likeness (QED) is 0.781. The van der Waals surface area contributed by atoms with E-state index in [-0.39, 0.29) is 5.91 Å². The number of nitrogens with zero attached hydrogens (tertiary/aromatic N) is 1. The fraction of sp³-hybridized carbons (Fsp3) is 0.312. The molecule has 3 heteroatoms. The van der Waals surface area contributed by atoms with E-state index in [4.69, 9.17) is 4.42 Å². The van der Waals surface area contributed by atoms with Crippen LogP contribution in [0.2, 0.25) is 0 Å². The predicted molar refractivity (Wildman–Crippen MR) is 74.6 cm³/mol. The number of fused-ring (bicyclic) bond motifs is 1. The third-order valence-corrected chi connectivity index (χ3v) is 3.72. The molecule has 0 saturated carbocycles. The largest absolute Gasteiger partial charge is 0.459 e. The molecule has 0 bridgehead atoms. The molecule has 19 heavy (non-hydrogen) atoms. The zero-order valence-corrected chi connectivity index (χ0v) is 11.3. The molecule has 98 valence electrons. The van der Waals surface area contributed by atoms with Crippen LogP contribution in [0.15, 0.2) is 34.9 Å². The number of amides is 1. The average Bonchev–Trinajstić information content (AvgIpc) is 2.84. The maximum absolute atomic E-state index is 12.6. The van der Waals surface area contributed by atoms with E-state index >= 15 is 0 Å². The van der Waals surface area contributed by atoms with Crippen molar-refractivity contribution in [3.8, 4) is 0 Å². The van der Waals surface area contributed by atoms with E-state index in [9.17, 15) is 4.79 Å². The van der Waals surface area contributed by atoms with E-state index < -0.39 is 0 Å². The lowest BCUT2D eigenvalue weighted by Crippen LogP contribution is -2.36. The monoisotopic (exact) mass is 255 g/mol. The third kappa shape index (κ3) is 1.95. The van der Waals surface area contributed by atoms with Crippen LogP contribution >= 0.6 is 0 Å². The smallest absolute Gasteiger partial charge is 0.294 e. The molecule has 0 atom stereocenters. The summed E-state index contributed by atoms with van der Waals surface area (Å²) >= 11 is 0. The summed E-state index contributed by atoms with van der Waals surface area (Å²) in [5.41, 5.74) is 4.36. The molecular weight excluding hydrogens is 238 g/mol. The molecular formula is C16H17NO2.